The topological polar surface area (TPSA) is 95.0 Å². The summed E-state index contributed by atoms with van der Waals surface area (Å²) < 4.78 is 0. The first-order valence-electron chi connectivity index (χ1n) is 6.29. The summed E-state index contributed by atoms with van der Waals surface area (Å²) in [4.78, 5) is 22.1. The maximum Gasteiger partial charge on any atom is 0.255 e. The van der Waals surface area contributed by atoms with Gasteiger partial charge < -0.3 is 10.0 Å². The summed E-state index contributed by atoms with van der Waals surface area (Å²) in [7, 11) is 1.66. The molecule has 7 nitrogen and oxygen atoms in total. The highest BCUT2D eigenvalue weighted by Crippen LogP contribution is 2.10. The van der Waals surface area contributed by atoms with E-state index in [9.17, 15) is 4.79 Å². The van der Waals surface area contributed by atoms with Crippen LogP contribution in [0, 0.1) is 18.8 Å². The second-order valence-corrected chi connectivity index (χ2v) is 4.38. The summed E-state index contributed by atoms with van der Waals surface area (Å²) in [6.07, 6.45) is 3.03. The fraction of sp³-hybridized carbons (Fsp3) is 0.286. The van der Waals surface area contributed by atoms with Crippen LogP contribution in [0.15, 0.2) is 18.5 Å². The number of nitrogens with one attached hydrogen (secondary N) is 1. The van der Waals surface area contributed by atoms with Crippen molar-refractivity contribution in [1.82, 2.24) is 25.1 Å². The van der Waals surface area contributed by atoms with Crippen LogP contribution in [-0.2, 0) is 6.54 Å². The van der Waals surface area contributed by atoms with E-state index in [-0.39, 0.29) is 12.5 Å². The van der Waals surface area contributed by atoms with Gasteiger partial charge in [-0.25, -0.2) is 4.98 Å². The van der Waals surface area contributed by atoms with Crippen molar-refractivity contribution < 1.29 is 9.90 Å². The highest BCUT2D eigenvalue weighted by Gasteiger charge is 2.16. The van der Waals surface area contributed by atoms with Crippen LogP contribution in [0.4, 0.5) is 0 Å². The van der Waals surface area contributed by atoms with Gasteiger partial charge in [0.1, 0.15) is 12.4 Å². The zero-order chi connectivity index (χ0) is 15.2. The number of rotatable bonds is 3. The molecule has 0 aromatic carbocycles. The number of H-pyrrole nitrogens is 1. The number of aliphatic hydroxyl groups excluding tert-OH is 1. The summed E-state index contributed by atoms with van der Waals surface area (Å²) in [6.45, 7) is 1.82. The van der Waals surface area contributed by atoms with Gasteiger partial charge in [-0.15, -0.1) is 0 Å². The molecule has 0 aliphatic carbocycles. The van der Waals surface area contributed by atoms with Crippen molar-refractivity contribution >= 4 is 5.91 Å². The number of pyridine rings is 1. The molecule has 0 spiro atoms. The monoisotopic (exact) mass is 285 g/mol. The Hall–Kier alpha value is -2.72. The molecule has 0 radical (unpaired) electrons. The first-order chi connectivity index (χ1) is 10.1. The normalized spacial score (nSPS) is 9.86. The Morgan fingerprint density at radius 3 is 3.00 bits per heavy atom. The number of aromatic nitrogens is 4. The SMILES string of the molecule is Cc1nc(CN(C)C(=O)c2ccncc2C#CCO)n[nH]1. The molecule has 0 saturated carbocycles. The molecule has 2 heterocycles. The van der Waals surface area contributed by atoms with Crippen LogP contribution in [0.1, 0.15) is 27.6 Å². The Morgan fingerprint density at radius 2 is 2.33 bits per heavy atom. The summed E-state index contributed by atoms with van der Waals surface area (Å²) >= 11 is 0. The third kappa shape index (κ3) is 3.64. The second-order valence-electron chi connectivity index (χ2n) is 4.38. The number of amides is 1. The predicted molar refractivity (Wildman–Crippen MR) is 75.1 cm³/mol. The lowest BCUT2D eigenvalue weighted by Gasteiger charge is -2.16. The van der Waals surface area contributed by atoms with E-state index in [1.54, 1.807) is 20.0 Å². The van der Waals surface area contributed by atoms with Crippen LogP contribution in [0.25, 0.3) is 0 Å². The number of hydrogen-bond acceptors (Lipinski definition) is 5. The number of aryl methyl sites for hydroxylation is 1. The van der Waals surface area contributed by atoms with Gasteiger partial charge in [0.15, 0.2) is 5.82 Å². The van der Waals surface area contributed by atoms with Gasteiger partial charge in [0, 0.05) is 19.4 Å². The Labute approximate surface area is 122 Å². The van der Waals surface area contributed by atoms with E-state index >= 15 is 0 Å². The van der Waals surface area contributed by atoms with E-state index in [1.807, 2.05) is 0 Å². The number of hydrogen-bond donors (Lipinski definition) is 2. The average Bonchev–Trinajstić information content (AvgIpc) is 2.89. The predicted octanol–water partition coefficient (Wildman–Crippen LogP) is 0.124. The lowest BCUT2D eigenvalue weighted by atomic mass is 10.1. The smallest absolute Gasteiger partial charge is 0.255 e. The maximum absolute atomic E-state index is 12.4. The van der Waals surface area contributed by atoms with E-state index in [1.165, 1.54) is 17.3 Å². The lowest BCUT2D eigenvalue weighted by Crippen LogP contribution is -2.27. The minimum atomic E-state index is -0.269. The zero-order valence-electron chi connectivity index (χ0n) is 11.8. The minimum Gasteiger partial charge on any atom is -0.384 e. The zero-order valence-corrected chi connectivity index (χ0v) is 11.8. The van der Waals surface area contributed by atoms with Crippen molar-refractivity contribution in [3.8, 4) is 11.8 Å². The standard InChI is InChI=1S/C14H15N5O2/c1-10-16-13(18-17-10)9-19(2)14(21)12-5-6-15-8-11(12)4-3-7-20/h5-6,8,20H,7,9H2,1-2H3,(H,16,17,18). The summed E-state index contributed by atoms with van der Waals surface area (Å²) in [5, 5.41) is 15.5. The van der Waals surface area contributed by atoms with Crippen LogP contribution in [0.5, 0.6) is 0 Å². The quantitative estimate of drug-likeness (QED) is 0.781. The molecule has 0 saturated heterocycles. The van der Waals surface area contributed by atoms with Crippen LogP contribution in [-0.4, -0.2) is 49.7 Å². The van der Waals surface area contributed by atoms with E-state index in [0.717, 1.165) is 0 Å². The van der Waals surface area contributed by atoms with E-state index < -0.39 is 0 Å². The Bertz CT molecular complexity index is 699. The van der Waals surface area contributed by atoms with Crippen molar-refractivity contribution in [1.29, 1.82) is 0 Å². The molecule has 0 atom stereocenters. The molecule has 0 unspecified atom stereocenters. The molecule has 1 amide bonds. The molecule has 0 aliphatic heterocycles. The van der Waals surface area contributed by atoms with Gasteiger partial charge in [-0.2, -0.15) is 5.10 Å². The van der Waals surface area contributed by atoms with Gasteiger partial charge in [0.2, 0.25) is 0 Å². The molecule has 2 aromatic heterocycles. The molecule has 2 aromatic rings. The van der Waals surface area contributed by atoms with E-state index in [0.29, 0.717) is 29.3 Å². The molecule has 0 fully saturated rings. The third-order valence-corrected chi connectivity index (χ3v) is 2.72. The van der Waals surface area contributed by atoms with Gasteiger partial charge in [-0.1, -0.05) is 11.8 Å². The molecule has 108 valence electrons. The average molecular weight is 285 g/mol. The molecular weight excluding hydrogens is 270 g/mol. The van der Waals surface area contributed by atoms with Gasteiger partial charge in [0.05, 0.1) is 17.7 Å². The van der Waals surface area contributed by atoms with Crippen molar-refractivity contribution in [2.24, 2.45) is 0 Å². The van der Waals surface area contributed by atoms with Crippen LogP contribution in [0.2, 0.25) is 0 Å². The van der Waals surface area contributed by atoms with Crippen LogP contribution < -0.4 is 0 Å². The van der Waals surface area contributed by atoms with Crippen molar-refractivity contribution in [2.75, 3.05) is 13.7 Å². The van der Waals surface area contributed by atoms with E-state index in [4.69, 9.17) is 5.11 Å². The number of aromatic amines is 1. The Balaban J connectivity index is 2.19. The second kappa shape index (κ2) is 6.63. The third-order valence-electron chi connectivity index (χ3n) is 2.72. The highest BCUT2D eigenvalue weighted by atomic mass is 16.2. The Kier molecular flexibility index (Phi) is 4.64. The first-order valence-corrected chi connectivity index (χ1v) is 6.29. The summed E-state index contributed by atoms with van der Waals surface area (Å²) in [5.74, 6) is 6.27. The van der Waals surface area contributed by atoms with Gasteiger partial charge in [-0.05, 0) is 13.0 Å². The van der Waals surface area contributed by atoms with Crippen molar-refractivity contribution in [3.63, 3.8) is 0 Å². The van der Waals surface area contributed by atoms with E-state index in [2.05, 4.69) is 32.0 Å². The van der Waals surface area contributed by atoms with Crippen molar-refractivity contribution in [2.45, 2.75) is 13.5 Å². The minimum absolute atomic E-state index is 0.206. The summed E-state index contributed by atoms with van der Waals surface area (Å²) in [5.41, 5.74) is 0.912. The number of aliphatic hydroxyl groups is 1. The molecule has 7 heteroatoms. The fourth-order valence-electron chi connectivity index (χ4n) is 1.76. The van der Waals surface area contributed by atoms with Crippen LogP contribution in [0.3, 0.4) is 0 Å². The van der Waals surface area contributed by atoms with Gasteiger partial charge in [0.25, 0.3) is 5.91 Å². The molecule has 2 rings (SSSR count). The molecule has 21 heavy (non-hydrogen) atoms. The molecule has 2 N–H and O–H groups in total. The first kappa shape index (κ1) is 14.7. The fourth-order valence-corrected chi connectivity index (χ4v) is 1.76. The number of nitrogens with zero attached hydrogens (tertiary/aromatic N) is 4. The molecule has 0 bridgehead atoms. The molecular formula is C14H15N5O2. The maximum atomic E-state index is 12.4. The Morgan fingerprint density at radius 1 is 1.52 bits per heavy atom. The van der Waals surface area contributed by atoms with Gasteiger partial charge >= 0.3 is 0 Å². The van der Waals surface area contributed by atoms with Crippen LogP contribution >= 0.6 is 0 Å². The van der Waals surface area contributed by atoms with Crippen molar-refractivity contribution in [3.05, 3.63) is 41.2 Å². The summed E-state index contributed by atoms with van der Waals surface area (Å²) in [6, 6.07) is 1.60. The lowest BCUT2D eigenvalue weighted by molar-refractivity contribution is 0.0781. The highest BCUT2D eigenvalue weighted by molar-refractivity contribution is 5.96. The van der Waals surface area contributed by atoms with Gasteiger partial charge in [-0.3, -0.25) is 14.9 Å². The largest absolute Gasteiger partial charge is 0.384 e. The molecule has 0 aliphatic rings. The number of carbonyl (C=O) groups is 1. The number of carbonyl (C=O) groups excluding carboxylic acids is 1.